The molecule has 1 amide bonds. The molecule has 0 radical (unpaired) electrons. The Hall–Kier alpha value is -3.21. The van der Waals surface area contributed by atoms with Crippen LogP contribution in [0.4, 0.5) is 0 Å². The van der Waals surface area contributed by atoms with Crippen molar-refractivity contribution in [3.05, 3.63) is 58.6 Å². The fourth-order valence-electron chi connectivity index (χ4n) is 3.27. The standard InChI is InChI=1S/C25H27ClN2O5/c1-2-30-24-15-18(14-19(16-27)25(29)28-17-22-4-3-11-31-22)5-10-23(24)33-13-12-32-21-8-6-20(26)7-9-21/h5-10,14-15,22H,2-4,11-13,17H2,1H3,(H,28,29)/b19-14+/t22-/m1/s1. The molecule has 3 rings (SSSR count). The van der Waals surface area contributed by atoms with Gasteiger partial charge in [-0.15, -0.1) is 0 Å². The maximum Gasteiger partial charge on any atom is 0.262 e. The molecule has 174 valence electrons. The van der Waals surface area contributed by atoms with Gasteiger partial charge >= 0.3 is 0 Å². The summed E-state index contributed by atoms with van der Waals surface area (Å²) in [5.74, 6) is 1.35. The van der Waals surface area contributed by atoms with Crippen LogP contribution in [0.1, 0.15) is 25.3 Å². The zero-order valence-electron chi connectivity index (χ0n) is 18.5. The van der Waals surface area contributed by atoms with Crippen LogP contribution in [0.2, 0.25) is 5.02 Å². The number of ether oxygens (including phenoxy) is 4. The number of nitrogens with zero attached hydrogens (tertiary/aromatic N) is 1. The highest BCUT2D eigenvalue weighted by molar-refractivity contribution is 6.30. The molecule has 2 aromatic carbocycles. The number of benzene rings is 2. The largest absolute Gasteiger partial charge is 0.490 e. The molecule has 0 aliphatic carbocycles. The third-order valence-corrected chi connectivity index (χ3v) is 5.13. The number of nitriles is 1. The van der Waals surface area contributed by atoms with Gasteiger partial charge in [-0.05, 0) is 67.8 Å². The third-order valence-electron chi connectivity index (χ3n) is 4.88. The second kappa shape index (κ2) is 12.7. The minimum Gasteiger partial charge on any atom is -0.490 e. The first-order chi connectivity index (χ1) is 16.1. The molecule has 1 saturated heterocycles. The molecule has 1 N–H and O–H groups in total. The van der Waals surface area contributed by atoms with Gasteiger partial charge in [0.15, 0.2) is 11.5 Å². The van der Waals surface area contributed by atoms with Gasteiger partial charge in [0.1, 0.15) is 30.6 Å². The Morgan fingerprint density at radius 2 is 1.97 bits per heavy atom. The van der Waals surface area contributed by atoms with Gasteiger partial charge in [0.05, 0.1) is 12.7 Å². The average Bonchev–Trinajstić information content (AvgIpc) is 3.35. The third kappa shape index (κ3) is 7.70. The van der Waals surface area contributed by atoms with E-state index in [0.29, 0.717) is 60.8 Å². The van der Waals surface area contributed by atoms with E-state index in [9.17, 15) is 10.1 Å². The number of nitrogens with one attached hydrogen (secondary N) is 1. The van der Waals surface area contributed by atoms with E-state index < -0.39 is 5.91 Å². The maximum absolute atomic E-state index is 12.4. The van der Waals surface area contributed by atoms with Crippen molar-refractivity contribution >= 4 is 23.6 Å². The Labute approximate surface area is 198 Å². The summed E-state index contributed by atoms with van der Waals surface area (Å²) >= 11 is 5.87. The summed E-state index contributed by atoms with van der Waals surface area (Å²) in [6.07, 6.45) is 3.44. The zero-order valence-corrected chi connectivity index (χ0v) is 19.3. The van der Waals surface area contributed by atoms with Crippen molar-refractivity contribution in [1.29, 1.82) is 5.26 Å². The zero-order chi connectivity index (χ0) is 23.5. The lowest BCUT2D eigenvalue weighted by Gasteiger charge is -2.13. The van der Waals surface area contributed by atoms with Crippen LogP contribution < -0.4 is 19.5 Å². The van der Waals surface area contributed by atoms with E-state index in [4.69, 9.17) is 30.5 Å². The first-order valence-corrected chi connectivity index (χ1v) is 11.3. The second-order valence-electron chi connectivity index (χ2n) is 7.30. The summed E-state index contributed by atoms with van der Waals surface area (Å²) in [6, 6.07) is 14.3. The van der Waals surface area contributed by atoms with Gasteiger partial charge in [-0.25, -0.2) is 0 Å². The highest BCUT2D eigenvalue weighted by Gasteiger charge is 2.18. The summed E-state index contributed by atoms with van der Waals surface area (Å²) in [6.45, 7) is 4.08. The van der Waals surface area contributed by atoms with Crippen molar-refractivity contribution < 1.29 is 23.7 Å². The lowest BCUT2D eigenvalue weighted by Crippen LogP contribution is -2.32. The molecule has 0 saturated carbocycles. The molecule has 8 heteroatoms. The van der Waals surface area contributed by atoms with E-state index >= 15 is 0 Å². The predicted octanol–water partition coefficient (Wildman–Crippen LogP) is 4.40. The molecule has 1 fully saturated rings. The molecule has 1 aliphatic heterocycles. The van der Waals surface area contributed by atoms with E-state index in [1.807, 2.05) is 13.0 Å². The Bertz CT molecular complexity index is 995. The molecule has 0 bridgehead atoms. The number of rotatable bonds is 11. The van der Waals surface area contributed by atoms with Crippen LogP contribution in [0, 0.1) is 11.3 Å². The van der Waals surface area contributed by atoms with Crippen LogP contribution in [-0.2, 0) is 9.53 Å². The number of hydrogen-bond acceptors (Lipinski definition) is 6. The number of amides is 1. The van der Waals surface area contributed by atoms with E-state index in [-0.39, 0.29) is 11.7 Å². The monoisotopic (exact) mass is 470 g/mol. The van der Waals surface area contributed by atoms with Gasteiger partial charge in [0.2, 0.25) is 0 Å². The van der Waals surface area contributed by atoms with Crippen LogP contribution in [0.5, 0.6) is 17.2 Å². The van der Waals surface area contributed by atoms with Crippen molar-refractivity contribution in [3.8, 4) is 23.3 Å². The second-order valence-corrected chi connectivity index (χ2v) is 7.74. The Kier molecular flexibility index (Phi) is 9.43. The van der Waals surface area contributed by atoms with Crippen LogP contribution >= 0.6 is 11.6 Å². The van der Waals surface area contributed by atoms with Crippen molar-refractivity contribution in [1.82, 2.24) is 5.32 Å². The van der Waals surface area contributed by atoms with Crippen LogP contribution in [0.15, 0.2) is 48.0 Å². The maximum atomic E-state index is 12.4. The van der Waals surface area contributed by atoms with E-state index in [0.717, 1.165) is 12.8 Å². The van der Waals surface area contributed by atoms with E-state index in [1.165, 1.54) is 6.08 Å². The minimum atomic E-state index is -0.425. The summed E-state index contributed by atoms with van der Waals surface area (Å²) in [4.78, 5) is 12.4. The van der Waals surface area contributed by atoms with Crippen LogP contribution in [0.25, 0.3) is 6.08 Å². The van der Waals surface area contributed by atoms with Crippen molar-refractivity contribution in [3.63, 3.8) is 0 Å². The van der Waals surface area contributed by atoms with Gasteiger partial charge in [0, 0.05) is 18.2 Å². The summed E-state index contributed by atoms with van der Waals surface area (Å²) in [5, 5.41) is 12.9. The van der Waals surface area contributed by atoms with Gasteiger partial charge in [-0.2, -0.15) is 5.26 Å². The van der Waals surface area contributed by atoms with Gasteiger partial charge in [-0.1, -0.05) is 17.7 Å². The Balaban J connectivity index is 1.59. The van der Waals surface area contributed by atoms with Crippen molar-refractivity contribution in [2.24, 2.45) is 0 Å². The molecule has 0 unspecified atom stereocenters. The topological polar surface area (TPSA) is 89.8 Å². The molecule has 2 aromatic rings. The minimum absolute atomic E-state index is 0.0125. The summed E-state index contributed by atoms with van der Waals surface area (Å²) < 4.78 is 22.6. The molecule has 1 aliphatic rings. The highest BCUT2D eigenvalue weighted by atomic mass is 35.5. The molecule has 0 spiro atoms. The average molecular weight is 471 g/mol. The Morgan fingerprint density at radius 3 is 2.67 bits per heavy atom. The normalized spacial score (nSPS) is 15.5. The SMILES string of the molecule is CCOc1cc(/C=C(\C#N)C(=O)NC[C@H]2CCCO2)ccc1OCCOc1ccc(Cl)cc1. The highest BCUT2D eigenvalue weighted by Crippen LogP contribution is 2.29. The molecule has 1 heterocycles. The molecule has 33 heavy (non-hydrogen) atoms. The van der Waals surface area contributed by atoms with Crippen LogP contribution in [0.3, 0.4) is 0 Å². The smallest absolute Gasteiger partial charge is 0.262 e. The van der Waals surface area contributed by atoms with Gasteiger partial charge in [0.25, 0.3) is 5.91 Å². The summed E-state index contributed by atoms with van der Waals surface area (Å²) in [5.41, 5.74) is 0.674. The first-order valence-electron chi connectivity index (χ1n) is 10.9. The molecule has 0 aromatic heterocycles. The van der Waals surface area contributed by atoms with Crippen molar-refractivity contribution in [2.45, 2.75) is 25.9 Å². The van der Waals surface area contributed by atoms with Gasteiger partial charge in [-0.3, -0.25) is 4.79 Å². The first kappa shape index (κ1) is 24.4. The predicted molar refractivity (Wildman–Crippen MR) is 126 cm³/mol. The summed E-state index contributed by atoms with van der Waals surface area (Å²) in [7, 11) is 0. The lowest BCUT2D eigenvalue weighted by molar-refractivity contribution is -0.117. The number of carbonyl (C=O) groups is 1. The fourth-order valence-corrected chi connectivity index (χ4v) is 3.39. The fraction of sp³-hybridized carbons (Fsp3) is 0.360. The van der Waals surface area contributed by atoms with Crippen molar-refractivity contribution in [2.75, 3.05) is 33.0 Å². The quantitative estimate of drug-likeness (QED) is 0.297. The van der Waals surface area contributed by atoms with Gasteiger partial charge < -0.3 is 24.3 Å². The molecular formula is C25H27ClN2O5. The molecule has 1 atom stereocenters. The van der Waals surface area contributed by atoms with E-state index in [2.05, 4.69) is 5.32 Å². The number of carbonyl (C=O) groups excluding carboxylic acids is 1. The molecule has 7 nitrogen and oxygen atoms in total. The van der Waals surface area contributed by atoms with E-state index in [1.54, 1.807) is 42.5 Å². The lowest BCUT2D eigenvalue weighted by atomic mass is 10.1. The number of hydrogen-bond donors (Lipinski definition) is 1. The Morgan fingerprint density at radius 1 is 1.18 bits per heavy atom. The molecular weight excluding hydrogens is 444 g/mol. The number of halogens is 1. The van der Waals surface area contributed by atoms with Crippen LogP contribution in [-0.4, -0.2) is 45.0 Å².